The Labute approximate surface area is 195 Å². The van der Waals surface area contributed by atoms with E-state index in [0.29, 0.717) is 17.3 Å². The lowest BCUT2D eigenvalue weighted by atomic mass is 10.1. The highest BCUT2D eigenvalue weighted by Crippen LogP contribution is 2.33. The van der Waals surface area contributed by atoms with Gasteiger partial charge in [-0.1, -0.05) is 31.9 Å². The van der Waals surface area contributed by atoms with Gasteiger partial charge >= 0.3 is 0 Å². The number of amides is 1. The molecule has 4 heterocycles. The summed E-state index contributed by atoms with van der Waals surface area (Å²) in [5, 5.41) is 8.80. The second-order valence-corrected chi connectivity index (χ2v) is 8.23. The van der Waals surface area contributed by atoms with E-state index in [0.717, 1.165) is 42.3 Å². The van der Waals surface area contributed by atoms with Gasteiger partial charge in [-0.05, 0) is 38.9 Å². The Bertz CT molecular complexity index is 917. The molecule has 9 heteroatoms. The quantitative estimate of drug-likeness (QED) is 0.567. The fraction of sp³-hybridized carbons (Fsp3) is 0.522. The Hall–Kier alpha value is -2.42. The predicted molar refractivity (Wildman–Crippen MR) is 130 cm³/mol. The second-order valence-electron chi connectivity index (χ2n) is 7.85. The fourth-order valence-corrected chi connectivity index (χ4v) is 4.11. The maximum absolute atomic E-state index is 12.6. The Morgan fingerprint density at radius 1 is 1.19 bits per heavy atom. The number of aromatic nitrogens is 2. The molecule has 3 N–H and O–H groups in total. The van der Waals surface area contributed by atoms with E-state index in [1.54, 1.807) is 12.4 Å². The first-order valence-corrected chi connectivity index (χ1v) is 11.8. The van der Waals surface area contributed by atoms with Crippen LogP contribution in [0.25, 0.3) is 0 Å². The molecule has 1 fully saturated rings. The average molecular weight is 460 g/mol. The number of hydrogen-bond donors (Lipinski definition) is 3. The third kappa shape index (κ3) is 5.88. The minimum Gasteiger partial charge on any atom is -0.363 e. The number of likely N-dealkylation sites (tertiary alicyclic amines) is 1. The third-order valence-electron chi connectivity index (χ3n) is 5.68. The molecule has 2 aromatic rings. The van der Waals surface area contributed by atoms with Crippen LogP contribution < -0.4 is 21.1 Å². The zero-order valence-electron chi connectivity index (χ0n) is 19.4. The molecule has 32 heavy (non-hydrogen) atoms. The van der Waals surface area contributed by atoms with E-state index < -0.39 is 0 Å². The lowest BCUT2D eigenvalue weighted by Gasteiger charge is -2.26. The molecule has 0 radical (unpaired) electrons. The minimum atomic E-state index is -0.187. The van der Waals surface area contributed by atoms with Gasteiger partial charge in [0.25, 0.3) is 5.91 Å². The van der Waals surface area contributed by atoms with Gasteiger partial charge in [-0.25, -0.2) is 10.4 Å². The summed E-state index contributed by atoms with van der Waals surface area (Å²) < 4.78 is 0. The summed E-state index contributed by atoms with van der Waals surface area (Å²) in [5.41, 5.74) is 7.44. The molecule has 0 spiro atoms. The Morgan fingerprint density at radius 2 is 1.94 bits per heavy atom. The molecular weight excluding hydrogens is 426 g/mol. The molecule has 0 aliphatic carbocycles. The van der Waals surface area contributed by atoms with Crippen molar-refractivity contribution >= 4 is 28.9 Å². The zero-order chi connectivity index (χ0) is 23.1. The van der Waals surface area contributed by atoms with Crippen LogP contribution in [0.2, 0.25) is 5.15 Å². The second kappa shape index (κ2) is 11.4. The monoisotopic (exact) mass is 459 g/mol. The summed E-state index contributed by atoms with van der Waals surface area (Å²) in [6.45, 7) is 9.70. The van der Waals surface area contributed by atoms with Crippen LogP contribution in [-0.2, 0) is 0 Å². The van der Waals surface area contributed by atoms with Crippen LogP contribution in [0, 0.1) is 6.92 Å². The van der Waals surface area contributed by atoms with Crippen LogP contribution in [0.1, 0.15) is 60.9 Å². The van der Waals surface area contributed by atoms with E-state index in [4.69, 9.17) is 11.6 Å². The van der Waals surface area contributed by atoms with Crippen molar-refractivity contribution in [3.8, 4) is 0 Å². The van der Waals surface area contributed by atoms with E-state index in [-0.39, 0.29) is 12.1 Å². The van der Waals surface area contributed by atoms with Crippen LogP contribution in [-0.4, -0.2) is 54.0 Å². The van der Waals surface area contributed by atoms with E-state index in [2.05, 4.69) is 30.9 Å². The lowest BCUT2D eigenvalue weighted by Crippen LogP contribution is -2.37. The van der Waals surface area contributed by atoms with Crippen LogP contribution in [0.5, 0.6) is 0 Å². The number of anilines is 2. The molecule has 0 saturated carbocycles. The average Bonchev–Trinajstić information content (AvgIpc) is 3.11. The highest BCUT2D eigenvalue weighted by atomic mass is 35.5. The number of carbonyl (C=O) groups excluding carboxylic acids is 1. The standard InChI is InChI=1S/C21H28ClN7O.C2H6/c1-14-17(26-20-16-13-25-19(22)11-18(16)28(2)27-20)10-15(12-24-14)21(30)23-6-9-29-7-4-3-5-8-29;1-2/h10-13,20,26-27H,3-9H2,1-2H3,(H,23,30);1-2H3. The molecule has 174 valence electrons. The molecule has 0 aromatic carbocycles. The van der Waals surface area contributed by atoms with Crippen molar-refractivity contribution in [2.45, 2.75) is 46.2 Å². The van der Waals surface area contributed by atoms with Gasteiger partial charge in [-0.15, -0.1) is 0 Å². The Morgan fingerprint density at radius 3 is 2.69 bits per heavy atom. The number of fused-ring (bicyclic) bond motifs is 1. The smallest absolute Gasteiger partial charge is 0.252 e. The highest BCUT2D eigenvalue weighted by molar-refractivity contribution is 6.29. The topological polar surface area (TPSA) is 85.4 Å². The van der Waals surface area contributed by atoms with E-state index in [9.17, 15) is 4.79 Å². The van der Waals surface area contributed by atoms with E-state index >= 15 is 0 Å². The van der Waals surface area contributed by atoms with Crippen LogP contribution in [0.3, 0.4) is 0 Å². The summed E-state index contributed by atoms with van der Waals surface area (Å²) >= 11 is 6.03. The van der Waals surface area contributed by atoms with Gasteiger partial charge in [0.1, 0.15) is 11.3 Å². The molecular formula is C23H34ClN7O. The number of nitrogens with zero attached hydrogens (tertiary/aromatic N) is 4. The minimum absolute atomic E-state index is 0.104. The molecule has 2 aliphatic rings. The normalized spacial score (nSPS) is 17.9. The van der Waals surface area contributed by atoms with Crippen LogP contribution in [0.4, 0.5) is 11.4 Å². The van der Waals surface area contributed by atoms with Crippen molar-refractivity contribution in [2.75, 3.05) is 43.6 Å². The number of aryl methyl sites for hydroxylation is 1. The zero-order valence-corrected chi connectivity index (χ0v) is 20.2. The van der Waals surface area contributed by atoms with Crippen molar-refractivity contribution < 1.29 is 4.79 Å². The van der Waals surface area contributed by atoms with Crippen molar-refractivity contribution in [3.05, 3.63) is 46.5 Å². The summed E-state index contributed by atoms with van der Waals surface area (Å²) in [7, 11) is 1.92. The summed E-state index contributed by atoms with van der Waals surface area (Å²) in [5.74, 6) is -0.104. The molecule has 2 aliphatic heterocycles. The van der Waals surface area contributed by atoms with Gasteiger partial charge < -0.3 is 20.5 Å². The maximum atomic E-state index is 12.6. The van der Waals surface area contributed by atoms with Crippen LogP contribution >= 0.6 is 11.6 Å². The summed E-state index contributed by atoms with van der Waals surface area (Å²) in [6.07, 6.45) is 7.01. The summed E-state index contributed by atoms with van der Waals surface area (Å²) in [6, 6.07) is 3.67. The molecule has 0 bridgehead atoms. The van der Waals surface area contributed by atoms with E-state index in [1.165, 1.54) is 19.3 Å². The Balaban J connectivity index is 0.00000141. The number of halogens is 1. The largest absolute Gasteiger partial charge is 0.363 e. The van der Waals surface area contributed by atoms with E-state index in [1.807, 2.05) is 45.0 Å². The number of rotatable bonds is 6. The molecule has 1 saturated heterocycles. The fourth-order valence-electron chi connectivity index (χ4n) is 3.96. The number of nitrogens with one attached hydrogen (secondary N) is 3. The molecule has 4 rings (SSSR count). The highest BCUT2D eigenvalue weighted by Gasteiger charge is 2.27. The van der Waals surface area contributed by atoms with Gasteiger partial charge in [0.05, 0.1) is 22.6 Å². The molecule has 1 unspecified atom stereocenters. The van der Waals surface area contributed by atoms with Gasteiger partial charge in [0.2, 0.25) is 0 Å². The van der Waals surface area contributed by atoms with Crippen molar-refractivity contribution in [3.63, 3.8) is 0 Å². The first kappa shape index (κ1) is 24.2. The molecule has 8 nitrogen and oxygen atoms in total. The number of hydrazine groups is 1. The number of piperidine rings is 1. The summed E-state index contributed by atoms with van der Waals surface area (Å²) in [4.78, 5) is 23.6. The number of carbonyl (C=O) groups is 1. The third-order valence-corrected chi connectivity index (χ3v) is 5.89. The first-order valence-electron chi connectivity index (χ1n) is 11.4. The number of pyridine rings is 2. The predicted octanol–water partition coefficient (Wildman–Crippen LogP) is 3.75. The Kier molecular flexibility index (Phi) is 8.67. The molecule has 1 amide bonds. The first-order chi connectivity index (χ1) is 15.5. The van der Waals surface area contributed by atoms with Gasteiger partial charge in [-0.3, -0.25) is 9.78 Å². The van der Waals surface area contributed by atoms with Gasteiger partial charge in [0.15, 0.2) is 0 Å². The maximum Gasteiger partial charge on any atom is 0.252 e. The SMILES string of the molecule is CC.Cc1ncc(C(=O)NCCN2CCCCC2)cc1NC1NN(C)c2cc(Cl)ncc21. The lowest BCUT2D eigenvalue weighted by molar-refractivity contribution is 0.0946. The van der Waals surface area contributed by atoms with Crippen molar-refractivity contribution in [1.29, 1.82) is 0 Å². The number of hydrogen-bond acceptors (Lipinski definition) is 7. The van der Waals surface area contributed by atoms with Gasteiger partial charge in [-0.2, -0.15) is 0 Å². The molecule has 1 atom stereocenters. The molecule has 2 aromatic heterocycles. The van der Waals surface area contributed by atoms with Crippen molar-refractivity contribution in [2.24, 2.45) is 0 Å². The van der Waals surface area contributed by atoms with Crippen molar-refractivity contribution in [1.82, 2.24) is 25.6 Å². The van der Waals surface area contributed by atoms with Gasteiger partial charge in [0, 0.05) is 44.2 Å². The van der Waals surface area contributed by atoms with Crippen LogP contribution in [0.15, 0.2) is 24.5 Å².